The number of rotatable bonds is 1. The van der Waals surface area contributed by atoms with E-state index in [1.54, 1.807) is 7.05 Å². The van der Waals surface area contributed by atoms with E-state index in [9.17, 15) is 4.79 Å². The highest BCUT2D eigenvalue weighted by Gasteiger charge is 2.24. The number of nitrogens with one attached hydrogen (secondary N) is 3. The van der Waals surface area contributed by atoms with Crippen molar-refractivity contribution >= 4 is 11.6 Å². The summed E-state index contributed by atoms with van der Waals surface area (Å²) in [4.78, 5) is 11.1. The zero-order valence-corrected chi connectivity index (χ0v) is 6.61. The van der Waals surface area contributed by atoms with Crippen LogP contribution < -0.4 is 10.6 Å². The molecule has 0 aromatic rings. The van der Waals surface area contributed by atoms with Crippen molar-refractivity contribution in [2.45, 2.75) is 6.42 Å². The van der Waals surface area contributed by atoms with E-state index in [0.29, 0.717) is 18.7 Å². The van der Waals surface area contributed by atoms with Gasteiger partial charge in [-0.15, -0.1) is 0 Å². The number of hydrogen-bond donors (Lipinski definition) is 3. The highest BCUT2D eigenvalue weighted by atomic mass is 16.1. The first kappa shape index (κ1) is 8.20. The van der Waals surface area contributed by atoms with E-state index in [1.807, 2.05) is 0 Å². The van der Waals surface area contributed by atoms with Gasteiger partial charge in [-0.1, -0.05) is 0 Å². The summed E-state index contributed by atoms with van der Waals surface area (Å²) in [5.74, 6) is -0.295. The third-order valence-electron chi connectivity index (χ3n) is 1.90. The van der Waals surface area contributed by atoms with Crippen molar-refractivity contribution in [2.24, 2.45) is 5.92 Å². The van der Waals surface area contributed by atoms with Gasteiger partial charge in [0.25, 0.3) is 0 Å². The maximum atomic E-state index is 11.1. The van der Waals surface area contributed by atoms with Gasteiger partial charge in [-0.05, 0) is 6.42 Å². The third-order valence-corrected chi connectivity index (χ3v) is 1.90. The molecule has 1 atom stereocenters. The molecule has 1 heterocycles. The molecular formula is C7H13N3O. The number of carbonyl (C=O) groups is 1. The van der Waals surface area contributed by atoms with Crippen LogP contribution in [0.2, 0.25) is 0 Å². The number of piperidine rings is 1. The summed E-state index contributed by atoms with van der Waals surface area (Å²) in [6, 6.07) is 0. The Morgan fingerprint density at radius 3 is 3.09 bits per heavy atom. The minimum Gasteiger partial charge on any atom is -0.359 e. The first-order chi connectivity index (χ1) is 5.25. The molecule has 0 aromatic carbocycles. The molecule has 0 aliphatic carbocycles. The second-order valence-electron chi connectivity index (χ2n) is 2.65. The Labute approximate surface area is 65.9 Å². The molecule has 0 spiro atoms. The summed E-state index contributed by atoms with van der Waals surface area (Å²) in [6.45, 7) is 1.44. The summed E-state index contributed by atoms with van der Waals surface area (Å²) in [7, 11) is 1.60. The predicted molar refractivity (Wildman–Crippen MR) is 42.8 cm³/mol. The van der Waals surface area contributed by atoms with E-state index in [2.05, 4.69) is 10.6 Å². The van der Waals surface area contributed by atoms with E-state index in [0.717, 1.165) is 6.54 Å². The predicted octanol–water partition coefficient (Wildman–Crippen LogP) is -0.638. The van der Waals surface area contributed by atoms with Crippen molar-refractivity contribution in [3.8, 4) is 0 Å². The first-order valence-electron chi connectivity index (χ1n) is 3.75. The number of carbonyl (C=O) groups excluding carboxylic acids is 1. The fourth-order valence-corrected chi connectivity index (χ4v) is 1.19. The van der Waals surface area contributed by atoms with Crippen molar-refractivity contribution in [1.82, 2.24) is 10.6 Å². The normalized spacial score (nSPS) is 24.8. The molecule has 1 rings (SSSR count). The van der Waals surface area contributed by atoms with Gasteiger partial charge in [0.2, 0.25) is 5.91 Å². The zero-order valence-electron chi connectivity index (χ0n) is 6.61. The van der Waals surface area contributed by atoms with Crippen LogP contribution in [0.25, 0.3) is 0 Å². The number of amides is 1. The molecule has 1 fully saturated rings. The molecule has 4 nitrogen and oxygen atoms in total. The van der Waals surface area contributed by atoms with Crippen LogP contribution in [-0.2, 0) is 4.79 Å². The highest BCUT2D eigenvalue weighted by Crippen LogP contribution is 2.05. The van der Waals surface area contributed by atoms with Gasteiger partial charge >= 0.3 is 0 Å². The van der Waals surface area contributed by atoms with Crippen LogP contribution in [-0.4, -0.2) is 31.8 Å². The van der Waals surface area contributed by atoms with Crippen molar-refractivity contribution < 1.29 is 4.79 Å². The van der Waals surface area contributed by atoms with E-state index in [4.69, 9.17) is 5.41 Å². The molecule has 1 aliphatic rings. The molecule has 0 radical (unpaired) electrons. The lowest BCUT2D eigenvalue weighted by atomic mass is 9.96. The molecule has 4 heteroatoms. The van der Waals surface area contributed by atoms with Gasteiger partial charge in [-0.2, -0.15) is 0 Å². The molecule has 0 saturated carbocycles. The molecule has 1 amide bonds. The SMILES string of the molecule is CNC(=O)C1CNCCC1=N. The second kappa shape index (κ2) is 3.48. The largest absolute Gasteiger partial charge is 0.359 e. The average molecular weight is 155 g/mol. The molecule has 1 unspecified atom stereocenters. The highest BCUT2D eigenvalue weighted by molar-refractivity contribution is 6.03. The fourth-order valence-electron chi connectivity index (χ4n) is 1.19. The number of hydrogen-bond acceptors (Lipinski definition) is 3. The lowest BCUT2D eigenvalue weighted by molar-refractivity contribution is -0.122. The van der Waals surface area contributed by atoms with Crippen molar-refractivity contribution in [3.05, 3.63) is 0 Å². The monoisotopic (exact) mass is 155 g/mol. The Hall–Kier alpha value is -0.900. The van der Waals surface area contributed by atoms with Crippen LogP contribution >= 0.6 is 0 Å². The van der Waals surface area contributed by atoms with Gasteiger partial charge < -0.3 is 16.0 Å². The Morgan fingerprint density at radius 1 is 1.82 bits per heavy atom. The molecular weight excluding hydrogens is 142 g/mol. The molecule has 0 bridgehead atoms. The van der Waals surface area contributed by atoms with Crippen LogP contribution in [0.15, 0.2) is 0 Å². The van der Waals surface area contributed by atoms with Crippen LogP contribution in [0.1, 0.15) is 6.42 Å². The van der Waals surface area contributed by atoms with Crippen LogP contribution in [0.4, 0.5) is 0 Å². The smallest absolute Gasteiger partial charge is 0.229 e. The molecule has 1 saturated heterocycles. The lowest BCUT2D eigenvalue weighted by Gasteiger charge is -2.22. The van der Waals surface area contributed by atoms with Crippen LogP contribution in [0.3, 0.4) is 0 Å². The first-order valence-corrected chi connectivity index (χ1v) is 3.75. The molecule has 62 valence electrons. The summed E-state index contributed by atoms with van der Waals surface area (Å²) >= 11 is 0. The third kappa shape index (κ3) is 1.77. The van der Waals surface area contributed by atoms with E-state index in [-0.39, 0.29) is 11.8 Å². The second-order valence-corrected chi connectivity index (χ2v) is 2.65. The van der Waals surface area contributed by atoms with E-state index >= 15 is 0 Å². The summed E-state index contributed by atoms with van der Waals surface area (Å²) in [5.41, 5.74) is 0.545. The average Bonchev–Trinajstić information content (AvgIpc) is 2.04. The van der Waals surface area contributed by atoms with Gasteiger partial charge in [-0.3, -0.25) is 4.79 Å². The maximum Gasteiger partial charge on any atom is 0.229 e. The molecule has 0 aromatic heterocycles. The summed E-state index contributed by atoms with van der Waals surface area (Å²) in [5, 5.41) is 13.1. The van der Waals surface area contributed by atoms with Crippen molar-refractivity contribution in [3.63, 3.8) is 0 Å². The Bertz CT molecular complexity index is 171. The van der Waals surface area contributed by atoms with E-state index < -0.39 is 0 Å². The van der Waals surface area contributed by atoms with Gasteiger partial charge in [0.05, 0.1) is 5.92 Å². The van der Waals surface area contributed by atoms with Gasteiger partial charge in [0.1, 0.15) is 0 Å². The quantitative estimate of drug-likeness (QED) is 0.471. The van der Waals surface area contributed by atoms with Gasteiger partial charge in [-0.25, -0.2) is 0 Å². The van der Waals surface area contributed by atoms with E-state index in [1.165, 1.54) is 0 Å². The van der Waals surface area contributed by atoms with Gasteiger partial charge in [0.15, 0.2) is 0 Å². The maximum absolute atomic E-state index is 11.1. The lowest BCUT2D eigenvalue weighted by Crippen LogP contribution is -2.44. The van der Waals surface area contributed by atoms with Crippen LogP contribution in [0.5, 0.6) is 0 Å². The summed E-state index contributed by atoms with van der Waals surface area (Å²) < 4.78 is 0. The van der Waals surface area contributed by atoms with Crippen LogP contribution in [0, 0.1) is 11.3 Å². The Morgan fingerprint density at radius 2 is 2.55 bits per heavy atom. The van der Waals surface area contributed by atoms with Crippen molar-refractivity contribution in [1.29, 1.82) is 5.41 Å². The molecule has 1 aliphatic heterocycles. The topological polar surface area (TPSA) is 65.0 Å². The van der Waals surface area contributed by atoms with Crippen molar-refractivity contribution in [2.75, 3.05) is 20.1 Å². The molecule has 11 heavy (non-hydrogen) atoms. The Kier molecular flexibility index (Phi) is 2.59. The molecule has 3 N–H and O–H groups in total. The Balaban J connectivity index is 2.54. The van der Waals surface area contributed by atoms with Gasteiger partial charge in [0, 0.05) is 25.8 Å². The fraction of sp³-hybridized carbons (Fsp3) is 0.714. The minimum atomic E-state index is -0.242. The zero-order chi connectivity index (χ0) is 8.27. The standard InChI is InChI=1S/C7H13N3O/c1-9-7(11)5-4-10-3-2-6(5)8/h5,8,10H,2-4H2,1H3,(H,9,11). The summed E-state index contributed by atoms with van der Waals surface area (Å²) in [6.07, 6.45) is 0.693. The minimum absolute atomic E-state index is 0.0535.